The van der Waals surface area contributed by atoms with Crippen LogP contribution >= 0.6 is 11.8 Å². The van der Waals surface area contributed by atoms with E-state index in [1.54, 1.807) is 18.9 Å². The zero-order valence-corrected chi connectivity index (χ0v) is 28.7. The van der Waals surface area contributed by atoms with Crippen LogP contribution in [0.1, 0.15) is 79.6 Å². The van der Waals surface area contributed by atoms with Crippen molar-refractivity contribution in [2.24, 2.45) is 0 Å². The molecule has 8 nitrogen and oxygen atoms in total. The van der Waals surface area contributed by atoms with Crippen LogP contribution in [0.15, 0.2) is 102 Å². The number of benzene rings is 4. The van der Waals surface area contributed by atoms with E-state index in [4.69, 9.17) is 19.3 Å². The molecule has 9 heteroatoms. The molecule has 258 valence electrons. The molecule has 49 heavy (non-hydrogen) atoms. The van der Waals surface area contributed by atoms with Crippen LogP contribution in [0.2, 0.25) is 0 Å². The Balaban J connectivity index is 1.25. The van der Waals surface area contributed by atoms with Gasteiger partial charge in [0.2, 0.25) is 5.91 Å². The van der Waals surface area contributed by atoms with Gasteiger partial charge in [0.25, 0.3) is 0 Å². The monoisotopic (exact) mass is 683 g/mol. The summed E-state index contributed by atoms with van der Waals surface area (Å²) in [5.74, 6) is 0.786. The number of amides is 1. The molecule has 1 fully saturated rings. The number of carboxylic acid groups (broad SMARTS) is 1. The first-order valence-electron chi connectivity index (χ1n) is 16.9. The summed E-state index contributed by atoms with van der Waals surface area (Å²) in [5.41, 5.74) is 5.87. The summed E-state index contributed by atoms with van der Waals surface area (Å²) in [5, 5.41) is 21.3. The fourth-order valence-corrected chi connectivity index (χ4v) is 6.92. The highest BCUT2D eigenvalue weighted by Crippen LogP contribution is 2.41. The van der Waals surface area contributed by atoms with Gasteiger partial charge in [0.15, 0.2) is 6.29 Å². The minimum Gasteiger partial charge on any atom is -0.496 e. The molecule has 3 atom stereocenters. The van der Waals surface area contributed by atoms with E-state index in [1.807, 2.05) is 66.7 Å². The molecule has 1 saturated heterocycles. The van der Waals surface area contributed by atoms with Crippen molar-refractivity contribution in [2.45, 2.75) is 81.5 Å². The van der Waals surface area contributed by atoms with Gasteiger partial charge in [-0.05, 0) is 64.9 Å². The normalized spacial score (nSPS) is 17.4. The molecular weight excluding hydrogens is 639 g/mol. The van der Waals surface area contributed by atoms with Crippen molar-refractivity contribution in [3.8, 4) is 16.9 Å². The molecule has 0 aliphatic carbocycles. The summed E-state index contributed by atoms with van der Waals surface area (Å²) in [7, 11) is 1.68. The number of carboxylic acids is 1. The number of carbonyl (C=O) groups is 2. The van der Waals surface area contributed by atoms with E-state index in [0.717, 1.165) is 69.0 Å². The van der Waals surface area contributed by atoms with Crippen molar-refractivity contribution in [2.75, 3.05) is 12.9 Å². The second-order valence-corrected chi connectivity index (χ2v) is 13.3. The molecule has 1 heterocycles. The third-order valence-electron chi connectivity index (χ3n) is 8.56. The molecule has 0 unspecified atom stereocenters. The SMILES string of the molecule is COc1ccccc1SC[C@@H]1C[C@H](c2ccc(CO)cc2)O[C@H](c2cccc(-c3cccc(CNC(=O)CCCCCCC(=O)O)c3)c2)O1. The highest BCUT2D eigenvalue weighted by molar-refractivity contribution is 7.99. The van der Waals surface area contributed by atoms with E-state index in [2.05, 4.69) is 35.6 Å². The fraction of sp³-hybridized carbons (Fsp3) is 0.350. The number of thioether (sulfide) groups is 1. The van der Waals surface area contributed by atoms with Crippen molar-refractivity contribution in [1.82, 2.24) is 5.32 Å². The first kappa shape index (κ1) is 36.1. The topological polar surface area (TPSA) is 114 Å². The number of rotatable bonds is 17. The Morgan fingerprint density at radius 1 is 0.816 bits per heavy atom. The maximum absolute atomic E-state index is 12.4. The first-order chi connectivity index (χ1) is 23.9. The number of aliphatic hydroxyl groups excluding tert-OH is 1. The summed E-state index contributed by atoms with van der Waals surface area (Å²) in [4.78, 5) is 24.1. The maximum atomic E-state index is 12.4. The summed E-state index contributed by atoms with van der Waals surface area (Å²) in [6, 6.07) is 32.3. The molecule has 5 rings (SSSR count). The Kier molecular flexibility index (Phi) is 13.7. The highest BCUT2D eigenvalue weighted by Gasteiger charge is 2.32. The van der Waals surface area contributed by atoms with Gasteiger partial charge in [-0.1, -0.05) is 85.6 Å². The van der Waals surface area contributed by atoms with E-state index in [0.29, 0.717) is 25.8 Å². The third kappa shape index (κ3) is 10.9. The minimum atomic E-state index is -0.776. The first-order valence-corrected chi connectivity index (χ1v) is 17.8. The lowest BCUT2D eigenvalue weighted by Crippen LogP contribution is -2.31. The number of ether oxygens (including phenoxy) is 3. The fourth-order valence-electron chi connectivity index (χ4n) is 5.87. The number of nitrogens with one attached hydrogen (secondary N) is 1. The minimum absolute atomic E-state index is 0.00351. The predicted octanol–water partition coefficient (Wildman–Crippen LogP) is 8.23. The zero-order chi connectivity index (χ0) is 34.4. The van der Waals surface area contributed by atoms with E-state index in [1.165, 1.54) is 0 Å². The third-order valence-corrected chi connectivity index (χ3v) is 9.75. The Bertz CT molecular complexity index is 1660. The van der Waals surface area contributed by atoms with Crippen molar-refractivity contribution in [3.63, 3.8) is 0 Å². The van der Waals surface area contributed by atoms with Crippen LogP contribution in [-0.2, 0) is 32.2 Å². The second-order valence-electron chi connectivity index (χ2n) is 12.2. The lowest BCUT2D eigenvalue weighted by molar-refractivity contribution is -0.245. The average Bonchev–Trinajstić information content (AvgIpc) is 3.14. The van der Waals surface area contributed by atoms with Crippen LogP contribution in [0.5, 0.6) is 5.75 Å². The van der Waals surface area contributed by atoms with Gasteiger partial charge in [-0.25, -0.2) is 0 Å². The van der Waals surface area contributed by atoms with Gasteiger partial charge in [-0.2, -0.15) is 0 Å². The van der Waals surface area contributed by atoms with Gasteiger partial charge < -0.3 is 29.7 Å². The Hall–Kier alpha value is -4.15. The van der Waals surface area contributed by atoms with Crippen LogP contribution in [0.3, 0.4) is 0 Å². The smallest absolute Gasteiger partial charge is 0.303 e. The summed E-state index contributed by atoms with van der Waals surface area (Å²) in [6.07, 6.45) is 3.51. The maximum Gasteiger partial charge on any atom is 0.303 e. The Morgan fingerprint density at radius 3 is 2.31 bits per heavy atom. The quantitative estimate of drug-likeness (QED) is 0.0754. The number of aliphatic carboxylic acids is 1. The Labute approximate surface area is 292 Å². The van der Waals surface area contributed by atoms with E-state index < -0.39 is 12.3 Å². The highest BCUT2D eigenvalue weighted by atomic mass is 32.2. The van der Waals surface area contributed by atoms with Gasteiger partial charge in [-0.3, -0.25) is 9.59 Å². The number of unbranched alkanes of at least 4 members (excludes halogenated alkanes) is 3. The molecule has 1 aliphatic heterocycles. The van der Waals surface area contributed by atoms with Crippen molar-refractivity contribution in [3.05, 3.63) is 119 Å². The number of carbonyl (C=O) groups excluding carboxylic acids is 1. The molecule has 1 aliphatic rings. The van der Waals surface area contributed by atoms with Gasteiger partial charge in [0.1, 0.15) is 5.75 Å². The van der Waals surface area contributed by atoms with Gasteiger partial charge in [0.05, 0.1) is 25.9 Å². The van der Waals surface area contributed by atoms with Crippen molar-refractivity contribution in [1.29, 1.82) is 0 Å². The van der Waals surface area contributed by atoms with Gasteiger partial charge >= 0.3 is 5.97 Å². The number of methoxy groups -OCH3 is 1. The predicted molar refractivity (Wildman–Crippen MR) is 191 cm³/mol. The molecular formula is C40H45NO7S. The van der Waals surface area contributed by atoms with E-state index in [-0.39, 0.29) is 31.1 Å². The number of para-hydroxylation sites is 1. The molecule has 4 aromatic carbocycles. The van der Waals surface area contributed by atoms with Crippen LogP contribution < -0.4 is 10.1 Å². The molecule has 0 aromatic heterocycles. The van der Waals surface area contributed by atoms with Gasteiger partial charge in [-0.15, -0.1) is 11.8 Å². The van der Waals surface area contributed by atoms with Crippen LogP contribution in [-0.4, -0.2) is 41.1 Å². The van der Waals surface area contributed by atoms with Gasteiger partial charge in [0, 0.05) is 42.0 Å². The standard InChI is InChI=1S/C40H45NO7S/c1-46-35-14-6-7-15-37(35)49-27-34-24-36(30-20-18-28(26-42)19-21-30)48-40(47-34)33-13-9-12-32(23-33)31-11-8-10-29(22-31)25-41-38(43)16-4-2-3-5-17-39(44)45/h6-15,18-23,34,36,40,42H,2-5,16-17,24-27H2,1H3,(H,41,43)(H,44,45)/t34-,36+,40+/m0/s1. The number of hydrogen-bond donors (Lipinski definition) is 3. The summed E-state index contributed by atoms with van der Waals surface area (Å²) >= 11 is 1.71. The lowest BCUT2D eigenvalue weighted by atomic mass is 9.99. The van der Waals surface area contributed by atoms with Crippen LogP contribution in [0, 0.1) is 0 Å². The summed E-state index contributed by atoms with van der Waals surface area (Å²) in [6.45, 7) is 0.427. The summed E-state index contributed by atoms with van der Waals surface area (Å²) < 4.78 is 18.8. The van der Waals surface area contributed by atoms with E-state index >= 15 is 0 Å². The largest absolute Gasteiger partial charge is 0.496 e. The molecule has 3 N–H and O–H groups in total. The second kappa shape index (κ2) is 18.6. The molecule has 4 aromatic rings. The molecule has 1 amide bonds. The lowest BCUT2D eigenvalue weighted by Gasteiger charge is -2.36. The van der Waals surface area contributed by atoms with Crippen molar-refractivity contribution >= 4 is 23.6 Å². The molecule has 0 spiro atoms. The van der Waals surface area contributed by atoms with Crippen molar-refractivity contribution < 1.29 is 34.0 Å². The zero-order valence-electron chi connectivity index (χ0n) is 27.9. The van der Waals surface area contributed by atoms with E-state index in [9.17, 15) is 14.7 Å². The number of aliphatic hydroxyl groups is 1. The average molecular weight is 684 g/mol. The molecule has 0 saturated carbocycles. The van der Waals surface area contributed by atoms with Crippen LogP contribution in [0.25, 0.3) is 11.1 Å². The Morgan fingerprint density at radius 2 is 1.55 bits per heavy atom. The molecule has 0 bridgehead atoms. The molecule has 0 radical (unpaired) electrons. The number of hydrogen-bond acceptors (Lipinski definition) is 7. The van der Waals surface area contributed by atoms with Crippen LogP contribution in [0.4, 0.5) is 0 Å².